The van der Waals surface area contributed by atoms with Crippen LogP contribution in [0, 0.1) is 22.7 Å². The summed E-state index contributed by atoms with van der Waals surface area (Å²) in [7, 11) is 1.82. The molecule has 0 radical (unpaired) electrons. The van der Waals surface area contributed by atoms with Crippen molar-refractivity contribution in [2.24, 2.45) is 7.05 Å². The fourth-order valence-electron chi connectivity index (χ4n) is 2.34. The van der Waals surface area contributed by atoms with E-state index in [-0.39, 0.29) is 5.82 Å². The van der Waals surface area contributed by atoms with Crippen LogP contribution < -0.4 is 5.73 Å². The predicted molar refractivity (Wildman–Crippen MR) is 85.7 cm³/mol. The van der Waals surface area contributed by atoms with Gasteiger partial charge >= 0.3 is 0 Å². The molecule has 2 heterocycles. The zero-order valence-corrected chi connectivity index (χ0v) is 12.4. The lowest BCUT2D eigenvalue weighted by molar-refractivity contribution is 0.768. The average Bonchev–Trinajstić information content (AvgIpc) is 3.00. The van der Waals surface area contributed by atoms with Crippen molar-refractivity contribution in [2.45, 2.75) is 0 Å². The van der Waals surface area contributed by atoms with Gasteiger partial charge in [-0.3, -0.25) is 4.68 Å². The van der Waals surface area contributed by atoms with Crippen LogP contribution in [-0.2, 0) is 7.05 Å². The number of anilines is 1. The topological polar surface area (TPSA) is 104 Å². The third-order valence-corrected chi connectivity index (χ3v) is 3.48. The molecule has 3 aromatic rings. The van der Waals surface area contributed by atoms with E-state index in [0.29, 0.717) is 22.4 Å². The molecule has 0 aliphatic rings. The monoisotopic (exact) mass is 300 g/mol. The Kier molecular flexibility index (Phi) is 3.50. The van der Waals surface area contributed by atoms with Crippen molar-refractivity contribution in [3.63, 3.8) is 0 Å². The zero-order chi connectivity index (χ0) is 16.4. The second-order valence-corrected chi connectivity index (χ2v) is 5.02. The molecule has 0 bridgehead atoms. The number of nitrogens with two attached hydrogens (primary N) is 1. The van der Waals surface area contributed by atoms with Gasteiger partial charge in [0.2, 0.25) is 0 Å². The van der Waals surface area contributed by atoms with E-state index in [1.54, 1.807) is 35.1 Å². The van der Waals surface area contributed by atoms with Crippen LogP contribution in [0.2, 0.25) is 0 Å². The Bertz CT molecular complexity index is 954. The molecule has 23 heavy (non-hydrogen) atoms. The molecule has 0 aliphatic carbocycles. The Hall–Kier alpha value is -3.64. The smallest absolute Gasteiger partial charge is 0.142 e. The Balaban J connectivity index is 2.19. The van der Waals surface area contributed by atoms with Crippen LogP contribution >= 0.6 is 0 Å². The van der Waals surface area contributed by atoms with Crippen molar-refractivity contribution in [3.8, 4) is 34.5 Å². The van der Waals surface area contributed by atoms with Gasteiger partial charge in [-0.05, 0) is 23.8 Å². The summed E-state index contributed by atoms with van der Waals surface area (Å²) in [4.78, 5) is 4.30. The van der Waals surface area contributed by atoms with E-state index in [1.165, 1.54) is 0 Å². The highest BCUT2D eigenvalue weighted by atomic mass is 15.2. The minimum Gasteiger partial charge on any atom is -0.383 e. The lowest BCUT2D eigenvalue weighted by Gasteiger charge is -2.09. The van der Waals surface area contributed by atoms with E-state index in [0.717, 1.165) is 11.1 Å². The maximum atomic E-state index is 9.39. The van der Waals surface area contributed by atoms with Gasteiger partial charge in [0.1, 0.15) is 17.5 Å². The van der Waals surface area contributed by atoms with E-state index in [2.05, 4.69) is 22.2 Å². The van der Waals surface area contributed by atoms with Gasteiger partial charge in [-0.1, -0.05) is 12.1 Å². The largest absolute Gasteiger partial charge is 0.383 e. The van der Waals surface area contributed by atoms with Crippen LogP contribution in [0.1, 0.15) is 11.1 Å². The van der Waals surface area contributed by atoms with Crippen LogP contribution in [0.15, 0.2) is 42.7 Å². The third-order valence-electron chi connectivity index (χ3n) is 3.48. The van der Waals surface area contributed by atoms with Crippen LogP contribution in [-0.4, -0.2) is 14.8 Å². The maximum absolute atomic E-state index is 9.39. The van der Waals surface area contributed by atoms with Crippen LogP contribution in [0.3, 0.4) is 0 Å². The predicted octanol–water partition coefficient (Wildman–Crippen LogP) is 2.47. The lowest BCUT2D eigenvalue weighted by atomic mass is 9.98. The molecule has 2 aromatic heterocycles. The van der Waals surface area contributed by atoms with Gasteiger partial charge < -0.3 is 5.73 Å². The third kappa shape index (κ3) is 2.61. The first-order chi connectivity index (χ1) is 11.1. The number of hydrogen-bond donors (Lipinski definition) is 1. The molecule has 0 amide bonds. The van der Waals surface area contributed by atoms with E-state index in [4.69, 9.17) is 11.0 Å². The number of aryl methyl sites for hydroxylation is 1. The summed E-state index contributed by atoms with van der Waals surface area (Å²) in [5.74, 6) is 0.174. The summed E-state index contributed by atoms with van der Waals surface area (Å²) < 4.78 is 1.67. The first-order valence-corrected chi connectivity index (χ1v) is 6.82. The summed E-state index contributed by atoms with van der Waals surface area (Å²) >= 11 is 0. The summed E-state index contributed by atoms with van der Waals surface area (Å²) in [6.07, 6.45) is 3.52. The number of rotatable bonds is 2. The number of benzene rings is 1. The summed E-state index contributed by atoms with van der Waals surface area (Å²) in [5.41, 5.74) is 9.79. The van der Waals surface area contributed by atoms with Gasteiger partial charge in [-0.25, -0.2) is 4.98 Å². The van der Waals surface area contributed by atoms with E-state index >= 15 is 0 Å². The Morgan fingerprint density at radius 2 is 1.83 bits per heavy atom. The van der Waals surface area contributed by atoms with Crippen LogP contribution in [0.5, 0.6) is 0 Å². The number of aromatic nitrogens is 3. The molecule has 3 rings (SSSR count). The lowest BCUT2D eigenvalue weighted by Crippen LogP contribution is -1.99. The van der Waals surface area contributed by atoms with Crippen molar-refractivity contribution in [1.82, 2.24) is 14.8 Å². The van der Waals surface area contributed by atoms with Crippen molar-refractivity contribution in [1.29, 1.82) is 10.5 Å². The Morgan fingerprint density at radius 3 is 2.39 bits per heavy atom. The molecule has 0 unspecified atom stereocenters. The Morgan fingerprint density at radius 1 is 1.09 bits per heavy atom. The van der Waals surface area contributed by atoms with E-state index in [9.17, 15) is 5.26 Å². The molecule has 0 saturated heterocycles. The van der Waals surface area contributed by atoms with E-state index < -0.39 is 0 Å². The molecule has 6 nitrogen and oxygen atoms in total. The minimum absolute atomic E-state index is 0.174. The first-order valence-electron chi connectivity index (χ1n) is 6.82. The quantitative estimate of drug-likeness (QED) is 0.782. The van der Waals surface area contributed by atoms with Gasteiger partial charge in [0, 0.05) is 24.4 Å². The molecule has 0 saturated carbocycles. The summed E-state index contributed by atoms with van der Waals surface area (Å²) in [6.45, 7) is 0. The highest BCUT2D eigenvalue weighted by Gasteiger charge is 2.14. The van der Waals surface area contributed by atoms with Crippen molar-refractivity contribution in [3.05, 3.63) is 53.9 Å². The summed E-state index contributed by atoms with van der Waals surface area (Å²) in [5, 5.41) is 22.4. The first kappa shape index (κ1) is 14.3. The van der Waals surface area contributed by atoms with Crippen molar-refractivity contribution >= 4 is 5.82 Å². The van der Waals surface area contributed by atoms with Crippen molar-refractivity contribution in [2.75, 3.05) is 5.73 Å². The Labute approximate surface area is 133 Å². The second-order valence-electron chi connectivity index (χ2n) is 5.02. The second kappa shape index (κ2) is 5.63. The molecule has 0 spiro atoms. The minimum atomic E-state index is 0.174. The molecule has 0 aliphatic heterocycles. The number of nitriles is 2. The molecule has 2 N–H and O–H groups in total. The molecule has 110 valence electrons. The highest BCUT2D eigenvalue weighted by Crippen LogP contribution is 2.31. The van der Waals surface area contributed by atoms with Crippen LogP contribution in [0.25, 0.3) is 22.4 Å². The fraction of sp³-hybridized carbons (Fsp3) is 0.0588. The number of hydrogen-bond acceptors (Lipinski definition) is 5. The van der Waals surface area contributed by atoms with Gasteiger partial charge in [-0.2, -0.15) is 15.6 Å². The standard InChI is InChI=1S/C17H12N6/c1-23-10-13(9-21-23)16-6-14(15(8-19)17(20)22-16)12-4-2-11(7-18)3-5-12/h2-6,9-10H,1H3,(H2,20,22). The molecular weight excluding hydrogens is 288 g/mol. The normalized spacial score (nSPS) is 10.0. The highest BCUT2D eigenvalue weighted by molar-refractivity contribution is 5.80. The van der Waals surface area contributed by atoms with Gasteiger partial charge in [-0.15, -0.1) is 0 Å². The molecule has 6 heteroatoms. The number of nitrogens with zero attached hydrogens (tertiary/aromatic N) is 5. The van der Waals surface area contributed by atoms with Gasteiger partial charge in [0.05, 0.1) is 23.5 Å². The molecule has 1 aromatic carbocycles. The van der Waals surface area contributed by atoms with Gasteiger partial charge in [0.25, 0.3) is 0 Å². The molecular formula is C17H12N6. The molecule has 0 atom stereocenters. The van der Waals surface area contributed by atoms with Crippen LogP contribution in [0.4, 0.5) is 5.82 Å². The van der Waals surface area contributed by atoms with Crippen molar-refractivity contribution < 1.29 is 0 Å². The molecule has 0 fully saturated rings. The van der Waals surface area contributed by atoms with Gasteiger partial charge in [0.15, 0.2) is 0 Å². The summed E-state index contributed by atoms with van der Waals surface area (Å²) in [6, 6.07) is 13.0. The zero-order valence-electron chi connectivity index (χ0n) is 12.4. The number of pyridine rings is 1. The average molecular weight is 300 g/mol. The SMILES string of the molecule is Cn1cc(-c2cc(-c3ccc(C#N)cc3)c(C#N)c(N)n2)cn1. The maximum Gasteiger partial charge on any atom is 0.142 e. The fourth-order valence-corrected chi connectivity index (χ4v) is 2.34. The number of nitrogen functional groups attached to an aromatic ring is 1. The van der Waals surface area contributed by atoms with E-state index in [1.807, 2.05) is 19.3 Å².